The van der Waals surface area contributed by atoms with E-state index in [0.717, 1.165) is 42.5 Å². The van der Waals surface area contributed by atoms with Gasteiger partial charge < -0.3 is 10.6 Å². The lowest BCUT2D eigenvalue weighted by molar-refractivity contribution is -0.119. The van der Waals surface area contributed by atoms with Crippen LogP contribution in [0.1, 0.15) is 32.6 Å². The maximum Gasteiger partial charge on any atom is 0.230 e. The Labute approximate surface area is 120 Å². The highest BCUT2D eigenvalue weighted by Gasteiger charge is 2.42. The summed E-state index contributed by atoms with van der Waals surface area (Å²) < 4.78 is 0. The number of thioether (sulfide) groups is 1. The molecule has 4 heteroatoms. The molecule has 108 valence electrons. The Hall–Kier alpha value is -0.220. The van der Waals surface area contributed by atoms with Gasteiger partial charge in [0.1, 0.15) is 0 Å². The molecule has 0 spiro atoms. The summed E-state index contributed by atoms with van der Waals surface area (Å²) in [6, 6.07) is 0.383. The molecule has 0 aromatic heterocycles. The SMILES string of the molecule is CC(NC(=O)CSCC1CNC1)C1CC2CCC1C2. The van der Waals surface area contributed by atoms with Gasteiger partial charge >= 0.3 is 0 Å². The number of rotatable bonds is 6. The lowest BCUT2D eigenvalue weighted by Crippen LogP contribution is -2.44. The number of hydrogen-bond donors (Lipinski definition) is 2. The summed E-state index contributed by atoms with van der Waals surface area (Å²) in [5.41, 5.74) is 0. The van der Waals surface area contributed by atoms with E-state index < -0.39 is 0 Å². The lowest BCUT2D eigenvalue weighted by atomic mass is 9.84. The molecule has 3 rings (SSSR count). The summed E-state index contributed by atoms with van der Waals surface area (Å²) in [4.78, 5) is 12.0. The van der Waals surface area contributed by atoms with E-state index in [1.54, 1.807) is 11.8 Å². The van der Waals surface area contributed by atoms with Crippen LogP contribution in [0.15, 0.2) is 0 Å². The maximum absolute atomic E-state index is 12.0. The molecule has 1 heterocycles. The van der Waals surface area contributed by atoms with Crippen molar-refractivity contribution in [2.45, 2.75) is 38.6 Å². The van der Waals surface area contributed by atoms with E-state index in [4.69, 9.17) is 0 Å². The fourth-order valence-corrected chi connectivity index (χ4v) is 5.05. The fraction of sp³-hybridized carbons (Fsp3) is 0.933. The maximum atomic E-state index is 12.0. The number of hydrogen-bond acceptors (Lipinski definition) is 3. The topological polar surface area (TPSA) is 41.1 Å². The Kier molecular flexibility index (Phi) is 4.37. The van der Waals surface area contributed by atoms with Crippen LogP contribution in [0.3, 0.4) is 0 Å². The minimum Gasteiger partial charge on any atom is -0.353 e. The van der Waals surface area contributed by atoms with Crippen molar-refractivity contribution in [3.05, 3.63) is 0 Å². The molecule has 19 heavy (non-hydrogen) atoms. The van der Waals surface area contributed by atoms with E-state index >= 15 is 0 Å². The van der Waals surface area contributed by atoms with Crippen molar-refractivity contribution in [2.24, 2.45) is 23.7 Å². The zero-order chi connectivity index (χ0) is 13.2. The van der Waals surface area contributed by atoms with E-state index in [0.29, 0.717) is 11.8 Å². The molecule has 2 bridgehead atoms. The van der Waals surface area contributed by atoms with Gasteiger partial charge in [0.05, 0.1) is 5.75 Å². The molecule has 1 amide bonds. The number of carbonyl (C=O) groups is 1. The van der Waals surface area contributed by atoms with Crippen LogP contribution in [-0.2, 0) is 4.79 Å². The monoisotopic (exact) mass is 282 g/mol. The van der Waals surface area contributed by atoms with Crippen molar-refractivity contribution in [1.29, 1.82) is 0 Å². The molecule has 3 aliphatic rings. The second-order valence-electron chi connectivity index (χ2n) is 6.73. The summed E-state index contributed by atoms with van der Waals surface area (Å²) in [6.07, 6.45) is 5.62. The highest BCUT2D eigenvalue weighted by atomic mass is 32.2. The molecule has 2 aliphatic carbocycles. The average molecular weight is 282 g/mol. The molecule has 1 aliphatic heterocycles. The van der Waals surface area contributed by atoms with Crippen LogP contribution in [0.4, 0.5) is 0 Å². The van der Waals surface area contributed by atoms with Gasteiger partial charge in [0.25, 0.3) is 0 Å². The summed E-state index contributed by atoms with van der Waals surface area (Å²) in [5.74, 6) is 5.42. The molecule has 4 unspecified atom stereocenters. The summed E-state index contributed by atoms with van der Waals surface area (Å²) in [7, 11) is 0. The van der Waals surface area contributed by atoms with Crippen LogP contribution >= 0.6 is 11.8 Å². The van der Waals surface area contributed by atoms with Crippen molar-refractivity contribution in [2.75, 3.05) is 24.6 Å². The predicted molar refractivity (Wildman–Crippen MR) is 80.2 cm³/mol. The molecular weight excluding hydrogens is 256 g/mol. The Morgan fingerprint density at radius 1 is 1.37 bits per heavy atom. The average Bonchev–Trinajstić information content (AvgIpc) is 2.94. The first-order chi connectivity index (χ1) is 9.22. The number of fused-ring (bicyclic) bond motifs is 2. The number of carbonyl (C=O) groups excluding carboxylic acids is 1. The second kappa shape index (κ2) is 6.04. The first kappa shape index (κ1) is 13.7. The van der Waals surface area contributed by atoms with E-state index in [1.807, 2.05) is 0 Å². The van der Waals surface area contributed by atoms with Crippen LogP contribution in [0.5, 0.6) is 0 Å². The first-order valence-corrected chi connectivity index (χ1v) is 8.95. The standard InChI is InChI=1S/C15H26N2OS/c1-10(14-5-11-2-3-13(14)4-11)17-15(18)9-19-8-12-6-16-7-12/h10-14,16H,2-9H2,1H3,(H,17,18). The van der Waals surface area contributed by atoms with Gasteiger partial charge in [-0.15, -0.1) is 0 Å². The lowest BCUT2D eigenvalue weighted by Gasteiger charge is -2.29. The van der Waals surface area contributed by atoms with Crippen molar-refractivity contribution in [3.8, 4) is 0 Å². The van der Waals surface area contributed by atoms with Gasteiger partial charge in [0, 0.05) is 6.04 Å². The third-order valence-electron chi connectivity index (χ3n) is 5.28. The molecule has 2 saturated carbocycles. The van der Waals surface area contributed by atoms with Gasteiger partial charge in [-0.1, -0.05) is 6.42 Å². The number of nitrogens with one attached hydrogen (secondary N) is 2. The van der Waals surface area contributed by atoms with E-state index in [2.05, 4.69) is 17.6 Å². The highest BCUT2D eigenvalue weighted by molar-refractivity contribution is 7.99. The molecule has 3 fully saturated rings. The van der Waals surface area contributed by atoms with Gasteiger partial charge in [0.15, 0.2) is 0 Å². The first-order valence-electron chi connectivity index (χ1n) is 7.80. The quantitative estimate of drug-likeness (QED) is 0.781. The predicted octanol–water partition coefficient (Wildman–Crippen LogP) is 1.88. The minimum atomic E-state index is 0.243. The van der Waals surface area contributed by atoms with E-state index in [-0.39, 0.29) is 5.91 Å². The highest BCUT2D eigenvalue weighted by Crippen LogP contribution is 2.49. The minimum absolute atomic E-state index is 0.243. The van der Waals surface area contributed by atoms with Crippen molar-refractivity contribution < 1.29 is 4.79 Å². The molecule has 1 saturated heterocycles. The third kappa shape index (κ3) is 3.27. The Bertz CT molecular complexity index is 332. The van der Waals surface area contributed by atoms with Crippen LogP contribution < -0.4 is 10.6 Å². The van der Waals surface area contributed by atoms with Crippen LogP contribution in [0.25, 0.3) is 0 Å². The van der Waals surface area contributed by atoms with Gasteiger partial charge in [-0.3, -0.25) is 4.79 Å². The van der Waals surface area contributed by atoms with Crippen molar-refractivity contribution in [3.63, 3.8) is 0 Å². The third-order valence-corrected chi connectivity index (χ3v) is 6.45. The molecule has 2 N–H and O–H groups in total. The van der Waals surface area contributed by atoms with Gasteiger partial charge in [-0.05, 0) is 68.7 Å². The summed E-state index contributed by atoms with van der Waals surface area (Å²) in [5, 5.41) is 6.51. The molecule has 0 aromatic rings. The molecular formula is C15H26N2OS. The molecule has 3 nitrogen and oxygen atoms in total. The van der Waals surface area contributed by atoms with Crippen molar-refractivity contribution >= 4 is 17.7 Å². The van der Waals surface area contributed by atoms with Crippen molar-refractivity contribution in [1.82, 2.24) is 10.6 Å². The Balaban J connectivity index is 1.34. The Morgan fingerprint density at radius 2 is 2.21 bits per heavy atom. The normalized spacial score (nSPS) is 35.1. The van der Waals surface area contributed by atoms with Crippen LogP contribution in [0, 0.1) is 23.7 Å². The van der Waals surface area contributed by atoms with E-state index in [1.165, 1.54) is 25.7 Å². The largest absolute Gasteiger partial charge is 0.353 e. The zero-order valence-electron chi connectivity index (χ0n) is 11.9. The van der Waals surface area contributed by atoms with Gasteiger partial charge in [0.2, 0.25) is 5.91 Å². The van der Waals surface area contributed by atoms with Gasteiger partial charge in [-0.25, -0.2) is 0 Å². The second-order valence-corrected chi connectivity index (χ2v) is 7.76. The van der Waals surface area contributed by atoms with Crippen LogP contribution in [0.2, 0.25) is 0 Å². The number of amides is 1. The molecule has 0 radical (unpaired) electrons. The Morgan fingerprint density at radius 3 is 2.79 bits per heavy atom. The molecule has 4 atom stereocenters. The summed E-state index contributed by atoms with van der Waals surface area (Å²) in [6.45, 7) is 4.48. The van der Waals surface area contributed by atoms with Crippen LogP contribution in [-0.4, -0.2) is 36.5 Å². The van der Waals surface area contributed by atoms with E-state index in [9.17, 15) is 4.79 Å². The van der Waals surface area contributed by atoms with Gasteiger partial charge in [-0.2, -0.15) is 11.8 Å². The zero-order valence-corrected chi connectivity index (χ0v) is 12.7. The smallest absolute Gasteiger partial charge is 0.230 e. The fourth-order valence-electron chi connectivity index (χ4n) is 4.09. The molecule has 0 aromatic carbocycles. The summed E-state index contributed by atoms with van der Waals surface area (Å²) >= 11 is 1.79.